The Morgan fingerprint density at radius 2 is 2.09 bits per heavy atom. The molecular formula is C17H19ClN2O3. The van der Waals surface area contributed by atoms with E-state index in [0.29, 0.717) is 39.6 Å². The van der Waals surface area contributed by atoms with Gasteiger partial charge in [-0.1, -0.05) is 31.0 Å². The smallest absolute Gasteiger partial charge is 0.339 e. The molecule has 0 atom stereocenters. The normalized spacial score (nSPS) is 10.4. The van der Waals surface area contributed by atoms with E-state index in [2.05, 4.69) is 10.3 Å². The van der Waals surface area contributed by atoms with E-state index >= 15 is 0 Å². The van der Waals surface area contributed by atoms with Crippen molar-refractivity contribution < 1.29 is 14.3 Å². The maximum absolute atomic E-state index is 12.6. The Kier molecular flexibility index (Phi) is 5.45. The summed E-state index contributed by atoms with van der Waals surface area (Å²) in [6.07, 6.45) is 1.41. The second-order valence-electron chi connectivity index (χ2n) is 5.18. The standard InChI is InChI=1S/C17H19ClN2O3/c1-4-6-13-14(17(22)23-3)10(2)19-15(13)16(21)20-12-8-5-7-11(18)9-12/h5,7-9,19H,4,6H2,1-3H3,(H,20,21). The molecule has 0 saturated heterocycles. The molecule has 0 aliphatic rings. The van der Waals surface area contributed by atoms with Crippen molar-refractivity contribution in [2.24, 2.45) is 0 Å². The lowest BCUT2D eigenvalue weighted by molar-refractivity contribution is 0.0599. The lowest BCUT2D eigenvalue weighted by Crippen LogP contribution is -2.15. The number of aromatic amines is 1. The molecule has 0 aliphatic carbocycles. The summed E-state index contributed by atoms with van der Waals surface area (Å²) in [7, 11) is 1.33. The van der Waals surface area contributed by atoms with Gasteiger partial charge in [-0.2, -0.15) is 0 Å². The van der Waals surface area contributed by atoms with Crippen LogP contribution < -0.4 is 5.32 Å². The molecule has 2 aromatic rings. The third-order valence-corrected chi connectivity index (χ3v) is 3.73. The number of nitrogens with one attached hydrogen (secondary N) is 2. The van der Waals surface area contributed by atoms with Crippen molar-refractivity contribution in [3.8, 4) is 0 Å². The summed E-state index contributed by atoms with van der Waals surface area (Å²) in [4.78, 5) is 27.5. The minimum Gasteiger partial charge on any atom is -0.465 e. The van der Waals surface area contributed by atoms with Gasteiger partial charge in [-0.05, 0) is 37.1 Å². The van der Waals surface area contributed by atoms with E-state index < -0.39 is 5.97 Å². The van der Waals surface area contributed by atoms with Crippen LogP contribution in [0.4, 0.5) is 5.69 Å². The first-order valence-electron chi connectivity index (χ1n) is 7.34. The lowest BCUT2D eigenvalue weighted by atomic mass is 10.0. The lowest BCUT2D eigenvalue weighted by Gasteiger charge is -2.07. The first-order chi connectivity index (χ1) is 11.0. The molecule has 0 unspecified atom stereocenters. The molecule has 0 aliphatic heterocycles. The van der Waals surface area contributed by atoms with Crippen LogP contribution >= 0.6 is 11.6 Å². The zero-order valence-electron chi connectivity index (χ0n) is 13.3. The molecule has 2 N–H and O–H groups in total. The second-order valence-corrected chi connectivity index (χ2v) is 5.62. The van der Waals surface area contributed by atoms with Crippen LogP contribution in [0.3, 0.4) is 0 Å². The Morgan fingerprint density at radius 3 is 2.70 bits per heavy atom. The number of carbonyl (C=O) groups is 2. The number of halogens is 1. The zero-order chi connectivity index (χ0) is 17.0. The van der Waals surface area contributed by atoms with Gasteiger partial charge in [0.05, 0.1) is 12.7 Å². The highest BCUT2D eigenvalue weighted by Crippen LogP contribution is 2.23. The number of amides is 1. The summed E-state index contributed by atoms with van der Waals surface area (Å²) in [5, 5.41) is 3.33. The molecule has 0 radical (unpaired) electrons. The fourth-order valence-electron chi connectivity index (χ4n) is 2.51. The van der Waals surface area contributed by atoms with Crippen molar-refractivity contribution in [1.82, 2.24) is 4.98 Å². The van der Waals surface area contributed by atoms with Crippen LogP contribution in [0.5, 0.6) is 0 Å². The third kappa shape index (κ3) is 3.74. The molecule has 6 heteroatoms. The number of rotatable bonds is 5. The average molecular weight is 335 g/mol. The van der Waals surface area contributed by atoms with Crippen LogP contribution in [-0.4, -0.2) is 24.0 Å². The Bertz CT molecular complexity index is 737. The third-order valence-electron chi connectivity index (χ3n) is 3.49. The summed E-state index contributed by atoms with van der Waals surface area (Å²) in [5.74, 6) is -0.752. The molecule has 0 fully saturated rings. The highest BCUT2D eigenvalue weighted by molar-refractivity contribution is 6.31. The van der Waals surface area contributed by atoms with E-state index in [4.69, 9.17) is 16.3 Å². The summed E-state index contributed by atoms with van der Waals surface area (Å²) >= 11 is 5.92. The monoisotopic (exact) mass is 334 g/mol. The SMILES string of the molecule is CCCc1c(C(=O)Nc2cccc(Cl)c2)[nH]c(C)c1C(=O)OC. The highest BCUT2D eigenvalue weighted by Gasteiger charge is 2.24. The summed E-state index contributed by atoms with van der Waals surface area (Å²) in [5.41, 5.74) is 2.71. The van der Waals surface area contributed by atoms with Gasteiger partial charge in [0, 0.05) is 16.4 Å². The second kappa shape index (κ2) is 7.33. The molecular weight excluding hydrogens is 316 g/mol. The van der Waals surface area contributed by atoms with Gasteiger partial charge < -0.3 is 15.0 Å². The molecule has 0 spiro atoms. The molecule has 1 heterocycles. The minimum atomic E-state index is -0.441. The average Bonchev–Trinajstić information content (AvgIpc) is 2.83. The summed E-state index contributed by atoms with van der Waals surface area (Å²) < 4.78 is 4.82. The first kappa shape index (κ1) is 17.1. The molecule has 0 saturated carbocycles. The molecule has 1 aromatic heterocycles. The quantitative estimate of drug-likeness (QED) is 0.813. The van der Waals surface area contributed by atoms with Gasteiger partial charge in [0.15, 0.2) is 0 Å². The van der Waals surface area contributed by atoms with Gasteiger partial charge in [0.25, 0.3) is 5.91 Å². The maximum Gasteiger partial charge on any atom is 0.339 e. The number of carbonyl (C=O) groups excluding carboxylic acids is 2. The molecule has 1 aromatic carbocycles. The topological polar surface area (TPSA) is 71.2 Å². The molecule has 122 valence electrons. The van der Waals surface area contributed by atoms with Gasteiger partial charge >= 0.3 is 5.97 Å². The number of hydrogen-bond donors (Lipinski definition) is 2. The summed E-state index contributed by atoms with van der Waals surface area (Å²) in [6, 6.07) is 6.90. The fourth-order valence-corrected chi connectivity index (χ4v) is 2.70. The van der Waals surface area contributed by atoms with Gasteiger partial charge in [-0.25, -0.2) is 4.79 Å². The minimum absolute atomic E-state index is 0.311. The van der Waals surface area contributed by atoms with Crippen LogP contribution in [0.1, 0.15) is 45.4 Å². The largest absolute Gasteiger partial charge is 0.465 e. The highest BCUT2D eigenvalue weighted by atomic mass is 35.5. The first-order valence-corrected chi connectivity index (χ1v) is 7.72. The van der Waals surface area contributed by atoms with Gasteiger partial charge in [-0.3, -0.25) is 4.79 Å². The van der Waals surface area contributed by atoms with Gasteiger partial charge in [0.1, 0.15) is 5.69 Å². The molecule has 1 amide bonds. The fraction of sp³-hybridized carbons (Fsp3) is 0.294. The van der Waals surface area contributed by atoms with E-state index in [-0.39, 0.29) is 5.91 Å². The molecule has 0 bridgehead atoms. The van der Waals surface area contributed by atoms with Crippen LogP contribution in [0, 0.1) is 6.92 Å². The van der Waals surface area contributed by atoms with Crippen molar-refractivity contribution in [1.29, 1.82) is 0 Å². The van der Waals surface area contributed by atoms with Crippen molar-refractivity contribution in [2.75, 3.05) is 12.4 Å². The number of hydrogen-bond acceptors (Lipinski definition) is 3. The number of esters is 1. The van der Waals surface area contributed by atoms with E-state index in [1.165, 1.54) is 7.11 Å². The van der Waals surface area contributed by atoms with Crippen LogP contribution in [0.2, 0.25) is 5.02 Å². The van der Waals surface area contributed by atoms with E-state index in [1.54, 1.807) is 31.2 Å². The number of benzene rings is 1. The number of anilines is 1. The van der Waals surface area contributed by atoms with Crippen LogP contribution in [-0.2, 0) is 11.2 Å². The number of ether oxygens (including phenoxy) is 1. The number of methoxy groups -OCH3 is 1. The Labute approximate surface area is 140 Å². The predicted octanol–water partition coefficient (Wildman–Crippen LogP) is 3.97. The van der Waals surface area contributed by atoms with E-state index in [1.807, 2.05) is 6.92 Å². The molecule has 2 rings (SSSR count). The van der Waals surface area contributed by atoms with Crippen LogP contribution in [0.15, 0.2) is 24.3 Å². The Balaban J connectivity index is 2.38. The number of H-pyrrole nitrogens is 1. The van der Waals surface area contributed by atoms with Crippen molar-refractivity contribution in [3.63, 3.8) is 0 Å². The Hall–Kier alpha value is -2.27. The van der Waals surface area contributed by atoms with Gasteiger partial charge in [0.2, 0.25) is 0 Å². The van der Waals surface area contributed by atoms with Crippen molar-refractivity contribution in [3.05, 3.63) is 51.8 Å². The molecule has 23 heavy (non-hydrogen) atoms. The van der Waals surface area contributed by atoms with Crippen molar-refractivity contribution >= 4 is 29.2 Å². The maximum atomic E-state index is 12.6. The summed E-state index contributed by atoms with van der Waals surface area (Å²) in [6.45, 7) is 3.74. The molecule has 5 nitrogen and oxygen atoms in total. The van der Waals surface area contributed by atoms with Gasteiger partial charge in [-0.15, -0.1) is 0 Å². The number of aryl methyl sites for hydroxylation is 1. The predicted molar refractivity (Wildman–Crippen MR) is 90.3 cm³/mol. The Morgan fingerprint density at radius 1 is 1.35 bits per heavy atom. The number of aromatic nitrogens is 1. The van der Waals surface area contributed by atoms with Crippen molar-refractivity contribution in [2.45, 2.75) is 26.7 Å². The zero-order valence-corrected chi connectivity index (χ0v) is 14.1. The van der Waals surface area contributed by atoms with E-state index in [0.717, 1.165) is 6.42 Å². The van der Waals surface area contributed by atoms with E-state index in [9.17, 15) is 9.59 Å². The van der Waals surface area contributed by atoms with Crippen LogP contribution in [0.25, 0.3) is 0 Å².